The summed E-state index contributed by atoms with van der Waals surface area (Å²) in [4.78, 5) is 23.0. The third-order valence-corrected chi connectivity index (χ3v) is 3.33. The van der Waals surface area contributed by atoms with Crippen molar-refractivity contribution in [3.8, 4) is 0 Å². The molecule has 0 aromatic heterocycles. The van der Waals surface area contributed by atoms with Crippen molar-refractivity contribution >= 4 is 11.9 Å². The summed E-state index contributed by atoms with van der Waals surface area (Å²) in [6, 6.07) is -0.150. The van der Waals surface area contributed by atoms with Crippen LogP contribution in [0.25, 0.3) is 0 Å². The van der Waals surface area contributed by atoms with Gasteiger partial charge in [-0.3, -0.25) is 9.59 Å². The average Bonchev–Trinajstić information content (AvgIpc) is 2.38. The van der Waals surface area contributed by atoms with Crippen LogP contribution in [0.5, 0.6) is 0 Å². The normalized spacial score (nSPS) is 25.3. The van der Waals surface area contributed by atoms with Gasteiger partial charge in [0, 0.05) is 6.04 Å². The van der Waals surface area contributed by atoms with Crippen LogP contribution in [0.3, 0.4) is 0 Å². The van der Waals surface area contributed by atoms with Gasteiger partial charge in [0.2, 0.25) is 0 Å². The summed E-state index contributed by atoms with van der Waals surface area (Å²) >= 11 is 0. The van der Waals surface area contributed by atoms with Gasteiger partial charge in [0.25, 0.3) is 0 Å². The molecule has 1 aliphatic rings. The Bertz CT molecular complexity index is 293. The Morgan fingerprint density at radius 3 is 2.72 bits per heavy atom. The van der Waals surface area contributed by atoms with Crippen LogP contribution in [0.2, 0.25) is 0 Å². The molecule has 0 radical (unpaired) electrons. The second kappa shape index (κ2) is 7.36. The number of hydrogen-bond acceptors (Lipinski definition) is 5. The van der Waals surface area contributed by atoms with E-state index in [0.29, 0.717) is 6.61 Å². The summed E-state index contributed by atoms with van der Waals surface area (Å²) in [5.41, 5.74) is 0. The largest absolute Gasteiger partial charge is 0.468 e. The lowest BCUT2D eigenvalue weighted by molar-refractivity contribution is -0.149. The molecule has 1 rings (SSSR count). The molecule has 3 unspecified atom stereocenters. The van der Waals surface area contributed by atoms with Crippen molar-refractivity contribution in [3.63, 3.8) is 0 Å². The van der Waals surface area contributed by atoms with Crippen molar-refractivity contribution in [2.45, 2.75) is 51.6 Å². The van der Waals surface area contributed by atoms with Crippen LogP contribution in [-0.2, 0) is 19.1 Å². The zero-order valence-electron chi connectivity index (χ0n) is 11.4. The molecule has 0 aliphatic heterocycles. The van der Waals surface area contributed by atoms with Gasteiger partial charge in [-0.15, -0.1) is 0 Å². The Kier molecular flexibility index (Phi) is 6.12. The number of hydrogen-bond donors (Lipinski definition) is 1. The third-order valence-electron chi connectivity index (χ3n) is 3.33. The lowest BCUT2D eigenvalue weighted by Gasteiger charge is -2.30. The summed E-state index contributed by atoms with van der Waals surface area (Å²) in [6.45, 7) is 4.02. The van der Waals surface area contributed by atoms with Gasteiger partial charge in [-0.1, -0.05) is 6.42 Å². The van der Waals surface area contributed by atoms with E-state index in [0.717, 1.165) is 25.7 Å². The molecule has 0 aromatic carbocycles. The molecule has 5 nitrogen and oxygen atoms in total. The van der Waals surface area contributed by atoms with Crippen molar-refractivity contribution < 1.29 is 19.1 Å². The first-order valence-corrected chi connectivity index (χ1v) is 6.59. The minimum absolute atomic E-state index is 0.0407. The Hall–Kier alpha value is -1.10. The van der Waals surface area contributed by atoms with Crippen molar-refractivity contribution in [3.05, 3.63) is 0 Å². The molecule has 0 bridgehead atoms. The second-order valence-corrected chi connectivity index (χ2v) is 4.72. The number of methoxy groups -OCH3 is 1. The van der Waals surface area contributed by atoms with E-state index in [1.54, 1.807) is 6.92 Å². The van der Waals surface area contributed by atoms with Gasteiger partial charge in [-0.2, -0.15) is 0 Å². The van der Waals surface area contributed by atoms with Gasteiger partial charge in [0.05, 0.1) is 19.6 Å². The van der Waals surface area contributed by atoms with Gasteiger partial charge in [-0.25, -0.2) is 0 Å². The van der Waals surface area contributed by atoms with Crippen LogP contribution < -0.4 is 5.32 Å². The van der Waals surface area contributed by atoms with E-state index in [2.05, 4.69) is 10.1 Å². The van der Waals surface area contributed by atoms with E-state index in [4.69, 9.17) is 4.74 Å². The van der Waals surface area contributed by atoms with Crippen LogP contribution >= 0.6 is 0 Å². The molecular weight excluding hydrogens is 234 g/mol. The van der Waals surface area contributed by atoms with Gasteiger partial charge < -0.3 is 14.8 Å². The van der Waals surface area contributed by atoms with E-state index in [1.807, 2.05) is 6.92 Å². The van der Waals surface area contributed by atoms with Crippen molar-refractivity contribution in [1.29, 1.82) is 0 Å². The zero-order valence-corrected chi connectivity index (χ0v) is 11.4. The first-order chi connectivity index (χ1) is 8.58. The summed E-state index contributed by atoms with van der Waals surface area (Å²) < 4.78 is 9.72. The maximum absolute atomic E-state index is 11.7. The predicted molar refractivity (Wildman–Crippen MR) is 67.0 cm³/mol. The topological polar surface area (TPSA) is 64.6 Å². The fourth-order valence-electron chi connectivity index (χ4n) is 2.41. The van der Waals surface area contributed by atoms with Gasteiger partial charge in [-0.05, 0) is 33.1 Å². The van der Waals surface area contributed by atoms with E-state index >= 15 is 0 Å². The second-order valence-electron chi connectivity index (χ2n) is 4.72. The molecule has 0 spiro atoms. The van der Waals surface area contributed by atoms with Gasteiger partial charge in [0.1, 0.15) is 6.04 Å². The molecule has 0 heterocycles. The fourth-order valence-corrected chi connectivity index (χ4v) is 2.41. The molecule has 18 heavy (non-hydrogen) atoms. The summed E-state index contributed by atoms with van der Waals surface area (Å²) in [6.07, 6.45) is 3.58. The number of esters is 2. The number of nitrogens with one attached hydrogen (secondary N) is 1. The molecule has 1 aliphatic carbocycles. The highest BCUT2D eigenvalue weighted by Gasteiger charge is 2.29. The predicted octanol–water partition coefficient (Wildman–Crippen LogP) is 1.26. The molecule has 3 atom stereocenters. The zero-order chi connectivity index (χ0) is 13.5. The standard InChI is InChI=1S/C13H23NO4/c1-4-18-13(16)10-6-5-7-11(8-10)14-9(2)12(15)17-3/h9-11,14H,4-8H2,1-3H3. The van der Waals surface area contributed by atoms with Crippen LogP contribution in [0.15, 0.2) is 0 Å². The lowest BCUT2D eigenvalue weighted by Crippen LogP contribution is -2.45. The van der Waals surface area contributed by atoms with Gasteiger partial charge in [0.15, 0.2) is 0 Å². The average molecular weight is 257 g/mol. The monoisotopic (exact) mass is 257 g/mol. The molecule has 1 fully saturated rings. The number of carbonyl (C=O) groups is 2. The molecule has 1 N–H and O–H groups in total. The Balaban J connectivity index is 2.43. The smallest absolute Gasteiger partial charge is 0.322 e. The number of rotatable bonds is 5. The molecule has 0 amide bonds. The van der Waals surface area contributed by atoms with Crippen LogP contribution in [0.1, 0.15) is 39.5 Å². The quantitative estimate of drug-likeness (QED) is 0.751. The first kappa shape index (κ1) is 15.0. The van der Waals surface area contributed by atoms with Crippen LogP contribution in [0, 0.1) is 5.92 Å². The summed E-state index contributed by atoms with van der Waals surface area (Å²) in [5, 5.41) is 3.21. The fraction of sp³-hybridized carbons (Fsp3) is 0.846. The molecular formula is C13H23NO4. The summed E-state index contributed by atoms with van der Waals surface area (Å²) in [5.74, 6) is -0.427. The van der Waals surface area contributed by atoms with Crippen LogP contribution in [-0.4, -0.2) is 37.7 Å². The Labute approximate surface area is 108 Å². The van der Waals surface area contributed by atoms with E-state index < -0.39 is 0 Å². The van der Waals surface area contributed by atoms with E-state index in [1.165, 1.54) is 7.11 Å². The molecule has 1 saturated carbocycles. The van der Waals surface area contributed by atoms with Crippen molar-refractivity contribution in [1.82, 2.24) is 5.32 Å². The highest BCUT2D eigenvalue weighted by Crippen LogP contribution is 2.25. The highest BCUT2D eigenvalue weighted by molar-refractivity contribution is 5.75. The lowest BCUT2D eigenvalue weighted by atomic mass is 9.85. The Morgan fingerprint density at radius 1 is 1.39 bits per heavy atom. The number of ether oxygens (including phenoxy) is 2. The Morgan fingerprint density at radius 2 is 2.11 bits per heavy atom. The molecule has 0 saturated heterocycles. The van der Waals surface area contributed by atoms with Crippen molar-refractivity contribution in [2.75, 3.05) is 13.7 Å². The third kappa shape index (κ3) is 4.29. The van der Waals surface area contributed by atoms with E-state index in [-0.39, 0.29) is 29.9 Å². The molecule has 0 aromatic rings. The van der Waals surface area contributed by atoms with Crippen molar-refractivity contribution in [2.24, 2.45) is 5.92 Å². The van der Waals surface area contributed by atoms with Crippen LogP contribution in [0.4, 0.5) is 0 Å². The molecule has 104 valence electrons. The maximum atomic E-state index is 11.7. The highest BCUT2D eigenvalue weighted by atomic mass is 16.5. The SMILES string of the molecule is CCOC(=O)C1CCCC(NC(C)C(=O)OC)C1. The molecule has 5 heteroatoms. The van der Waals surface area contributed by atoms with E-state index in [9.17, 15) is 9.59 Å². The summed E-state index contributed by atoms with van der Waals surface area (Å²) in [7, 11) is 1.38. The first-order valence-electron chi connectivity index (χ1n) is 6.59. The number of carbonyl (C=O) groups excluding carboxylic acids is 2. The maximum Gasteiger partial charge on any atom is 0.322 e. The minimum Gasteiger partial charge on any atom is -0.468 e. The van der Waals surface area contributed by atoms with Gasteiger partial charge >= 0.3 is 11.9 Å². The minimum atomic E-state index is -0.332.